The van der Waals surface area contributed by atoms with Crippen LogP contribution in [0.4, 0.5) is 0 Å². The first kappa shape index (κ1) is 9.45. The minimum absolute atomic E-state index is 0.115. The number of nitrogens with zero attached hydrogens (tertiary/aromatic N) is 1. The van der Waals surface area contributed by atoms with E-state index in [0.717, 1.165) is 6.42 Å². The number of hydrogen-bond acceptors (Lipinski definition) is 2. The zero-order valence-electron chi connectivity index (χ0n) is 6.89. The lowest BCUT2D eigenvalue weighted by Gasteiger charge is -2.27. The predicted octanol–water partition coefficient (Wildman–Crippen LogP) is 1.70. The van der Waals surface area contributed by atoms with E-state index in [1.807, 2.05) is 26.8 Å². The Hall–Kier alpha value is -0.550. The van der Waals surface area contributed by atoms with Gasteiger partial charge in [0.25, 0.3) is 0 Å². The maximum atomic E-state index is 9.35. The van der Waals surface area contributed by atoms with Crippen LogP contribution >= 0.6 is 0 Å². The molecule has 0 aliphatic heterocycles. The molecule has 2 heteroatoms. The second-order valence-electron chi connectivity index (χ2n) is 3.22. The van der Waals surface area contributed by atoms with Gasteiger partial charge in [-0.25, -0.2) is 0 Å². The molecule has 0 saturated heterocycles. The largest absolute Gasteiger partial charge is 0.391 e. The quantitative estimate of drug-likeness (QED) is 0.650. The van der Waals surface area contributed by atoms with Gasteiger partial charge in [0.2, 0.25) is 0 Å². The zero-order valence-corrected chi connectivity index (χ0v) is 6.89. The highest BCUT2D eigenvalue weighted by Crippen LogP contribution is 2.26. The van der Waals surface area contributed by atoms with E-state index < -0.39 is 6.10 Å². The molecule has 0 spiro atoms. The van der Waals surface area contributed by atoms with Crippen LogP contribution < -0.4 is 0 Å². The highest BCUT2D eigenvalue weighted by Gasteiger charge is 2.24. The summed E-state index contributed by atoms with van der Waals surface area (Å²) in [6.45, 7) is 5.95. The van der Waals surface area contributed by atoms with E-state index in [1.165, 1.54) is 0 Å². The van der Waals surface area contributed by atoms with Crippen molar-refractivity contribution >= 4 is 0 Å². The third-order valence-corrected chi connectivity index (χ3v) is 2.10. The van der Waals surface area contributed by atoms with Crippen LogP contribution in [0, 0.1) is 16.7 Å². The van der Waals surface area contributed by atoms with Gasteiger partial charge in [0, 0.05) is 0 Å². The van der Waals surface area contributed by atoms with Crippen LogP contribution in [0.5, 0.6) is 0 Å². The smallest absolute Gasteiger partial charge is 0.0720 e. The fourth-order valence-corrected chi connectivity index (χ4v) is 0.598. The summed E-state index contributed by atoms with van der Waals surface area (Å²) in [6, 6.07) is 1.96. The molecule has 10 heavy (non-hydrogen) atoms. The zero-order chi connectivity index (χ0) is 8.20. The van der Waals surface area contributed by atoms with Gasteiger partial charge in [-0.15, -0.1) is 0 Å². The first-order valence-electron chi connectivity index (χ1n) is 3.59. The van der Waals surface area contributed by atoms with Crippen molar-refractivity contribution in [2.45, 2.75) is 39.7 Å². The van der Waals surface area contributed by atoms with Gasteiger partial charge < -0.3 is 5.11 Å². The Bertz CT molecular complexity index is 135. The van der Waals surface area contributed by atoms with E-state index in [2.05, 4.69) is 0 Å². The highest BCUT2D eigenvalue weighted by atomic mass is 16.3. The molecule has 0 aromatic rings. The summed E-state index contributed by atoms with van der Waals surface area (Å²) in [5.74, 6) is 0. The molecule has 1 N–H and O–H groups in total. The van der Waals surface area contributed by atoms with Crippen molar-refractivity contribution in [1.29, 1.82) is 5.26 Å². The third-order valence-electron chi connectivity index (χ3n) is 2.10. The van der Waals surface area contributed by atoms with Gasteiger partial charge in [0.1, 0.15) is 0 Å². The number of hydrogen-bond donors (Lipinski definition) is 1. The minimum atomic E-state index is -0.484. The predicted molar refractivity (Wildman–Crippen MR) is 40.3 cm³/mol. The van der Waals surface area contributed by atoms with Gasteiger partial charge in [0.05, 0.1) is 18.6 Å². The van der Waals surface area contributed by atoms with Crippen molar-refractivity contribution in [2.75, 3.05) is 0 Å². The minimum Gasteiger partial charge on any atom is -0.391 e. The lowest BCUT2D eigenvalue weighted by molar-refractivity contribution is 0.0515. The Labute approximate surface area is 62.5 Å². The average Bonchev–Trinajstić information content (AvgIpc) is 1.89. The van der Waals surface area contributed by atoms with Crippen LogP contribution in [0.3, 0.4) is 0 Å². The van der Waals surface area contributed by atoms with Crippen LogP contribution in [0.2, 0.25) is 0 Å². The molecule has 0 aliphatic rings. The molecule has 1 atom stereocenters. The van der Waals surface area contributed by atoms with Crippen molar-refractivity contribution < 1.29 is 5.11 Å². The van der Waals surface area contributed by atoms with Crippen LogP contribution in [0.25, 0.3) is 0 Å². The molecule has 1 unspecified atom stereocenters. The van der Waals surface area contributed by atoms with Crippen molar-refractivity contribution in [3.63, 3.8) is 0 Å². The van der Waals surface area contributed by atoms with Crippen molar-refractivity contribution in [3.8, 4) is 6.07 Å². The first-order valence-corrected chi connectivity index (χ1v) is 3.59. The van der Waals surface area contributed by atoms with E-state index in [4.69, 9.17) is 5.26 Å². The van der Waals surface area contributed by atoms with Gasteiger partial charge in [-0.2, -0.15) is 5.26 Å². The van der Waals surface area contributed by atoms with Gasteiger partial charge in [-0.1, -0.05) is 20.8 Å². The summed E-state index contributed by atoms with van der Waals surface area (Å²) in [7, 11) is 0. The molecule has 0 rings (SSSR count). The van der Waals surface area contributed by atoms with E-state index in [1.54, 1.807) is 0 Å². The summed E-state index contributed by atoms with van der Waals surface area (Å²) in [4.78, 5) is 0. The molecular formula is C8H15NO. The molecule has 0 radical (unpaired) electrons. The van der Waals surface area contributed by atoms with E-state index >= 15 is 0 Å². The van der Waals surface area contributed by atoms with Crippen molar-refractivity contribution in [2.24, 2.45) is 5.41 Å². The molecule has 0 aromatic carbocycles. The van der Waals surface area contributed by atoms with E-state index in [-0.39, 0.29) is 11.8 Å². The number of aliphatic hydroxyl groups excluding tert-OH is 1. The summed E-state index contributed by atoms with van der Waals surface area (Å²) >= 11 is 0. The molecule has 0 bridgehead atoms. The number of aliphatic hydroxyl groups is 1. The molecule has 0 fully saturated rings. The van der Waals surface area contributed by atoms with Gasteiger partial charge in [0.15, 0.2) is 0 Å². The van der Waals surface area contributed by atoms with Crippen molar-refractivity contribution in [3.05, 3.63) is 0 Å². The summed E-state index contributed by atoms with van der Waals surface area (Å²) in [5, 5.41) is 17.6. The fraction of sp³-hybridized carbons (Fsp3) is 0.875. The van der Waals surface area contributed by atoms with E-state index in [0.29, 0.717) is 0 Å². The Balaban J connectivity index is 3.93. The Morgan fingerprint density at radius 3 is 2.40 bits per heavy atom. The SMILES string of the molecule is CCC(C)(C)C(O)CC#N. The second-order valence-corrected chi connectivity index (χ2v) is 3.22. The molecule has 58 valence electrons. The Kier molecular flexibility index (Phi) is 3.38. The molecular weight excluding hydrogens is 126 g/mol. The summed E-state index contributed by atoms with van der Waals surface area (Å²) < 4.78 is 0. The second kappa shape index (κ2) is 3.58. The molecule has 0 saturated carbocycles. The first-order chi connectivity index (χ1) is 4.54. The molecule has 0 aliphatic carbocycles. The maximum Gasteiger partial charge on any atom is 0.0720 e. The van der Waals surface area contributed by atoms with E-state index in [9.17, 15) is 5.11 Å². The lowest BCUT2D eigenvalue weighted by Crippen LogP contribution is -2.27. The van der Waals surface area contributed by atoms with Crippen molar-refractivity contribution in [1.82, 2.24) is 0 Å². The van der Waals surface area contributed by atoms with Crippen LogP contribution in [0.15, 0.2) is 0 Å². The Morgan fingerprint density at radius 1 is 1.60 bits per heavy atom. The Morgan fingerprint density at radius 2 is 2.10 bits per heavy atom. The van der Waals surface area contributed by atoms with Gasteiger partial charge in [-0.05, 0) is 11.8 Å². The number of nitriles is 1. The van der Waals surface area contributed by atoms with Crippen LogP contribution in [-0.4, -0.2) is 11.2 Å². The number of rotatable bonds is 3. The molecule has 0 amide bonds. The van der Waals surface area contributed by atoms with Gasteiger partial charge in [-0.3, -0.25) is 0 Å². The third kappa shape index (κ3) is 2.36. The summed E-state index contributed by atoms with van der Waals surface area (Å²) in [5.41, 5.74) is -0.115. The topological polar surface area (TPSA) is 44.0 Å². The average molecular weight is 141 g/mol. The fourth-order valence-electron chi connectivity index (χ4n) is 0.598. The highest BCUT2D eigenvalue weighted by molar-refractivity contribution is 4.84. The summed E-state index contributed by atoms with van der Waals surface area (Å²) in [6.07, 6.45) is 0.652. The molecule has 0 heterocycles. The standard InChI is InChI=1S/C8H15NO/c1-4-8(2,3)7(10)5-6-9/h7,10H,4-5H2,1-3H3. The van der Waals surface area contributed by atoms with Gasteiger partial charge >= 0.3 is 0 Å². The van der Waals surface area contributed by atoms with Crippen LogP contribution in [-0.2, 0) is 0 Å². The van der Waals surface area contributed by atoms with Crippen LogP contribution in [0.1, 0.15) is 33.6 Å². The lowest BCUT2D eigenvalue weighted by atomic mass is 9.83. The molecule has 0 aromatic heterocycles. The molecule has 2 nitrogen and oxygen atoms in total. The normalized spacial score (nSPS) is 14.3. The maximum absolute atomic E-state index is 9.35. The monoisotopic (exact) mass is 141 g/mol.